The minimum Gasteiger partial charge on any atom is -0.497 e. The van der Waals surface area contributed by atoms with Crippen molar-refractivity contribution in [1.82, 2.24) is 9.88 Å². The molecule has 5 heteroatoms. The Morgan fingerprint density at radius 1 is 0.968 bits per heavy atom. The van der Waals surface area contributed by atoms with Crippen LogP contribution in [0.3, 0.4) is 0 Å². The van der Waals surface area contributed by atoms with Gasteiger partial charge in [-0.05, 0) is 55.0 Å². The third-order valence-corrected chi connectivity index (χ3v) is 5.44. The van der Waals surface area contributed by atoms with E-state index in [4.69, 9.17) is 4.74 Å². The zero-order chi connectivity index (χ0) is 21.6. The number of methoxy groups -OCH3 is 1. The van der Waals surface area contributed by atoms with Gasteiger partial charge in [0.15, 0.2) is 0 Å². The Kier molecular flexibility index (Phi) is 6.18. The maximum absolute atomic E-state index is 13.1. The highest BCUT2D eigenvalue weighted by atomic mass is 16.5. The summed E-state index contributed by atoms with van der Waals surface area (Å²) in [5.41, 5.74) is 3.46. The first-order valence-electron chi connectivity index (χ1n) is 10.4. The number of aromatic nitrogens is 1. The van der Waals surface area contributed by atoms with Crippen molar-refractivity contribution in [2.24, 2.45) is 0 Å². The number of hydrogen-bond donors (Lipinski definition) is 0. The molecular formula is C26H25N3O2. The molecule has 1 aliphatic rings. The molecule has 2 heterocycles. The number of hydrogen-bond acceptors (Lipinski definition) is 4. The largest absolute Gasteiger partial charge is 0.497 e. The lowest BCUT2D eigenvalue weighted by Crippen LogP contribution is -2.49. The molecule has 156 valence electrons. The molecule has 1 amide bonds. The van der Waals surface area contributed by atoms with E-state index in [1.54, 1.807) is 13.3 Å². The van der Waals surface area contributed by atoms with Crippen LogP contribution in [0.15, 0.2) is 66.9 Å². The van der Waals surface area contributed by atoms with Crippen LogP contribution in [0, 0.1) is 18.8 Å². The summed E-state index contributed by atoms with van der Waals surface area (Å²) in [7, 11) is 1.64. The summed E-state index contributed by atoms with van der Waals surface area (Å²) in [6.45, 7) is 4.91. The summed E-state index contributed by atoms with van der Waals surface area (Å²) >= 11 is 0. The van der Waals surface area contributed by atoms with Crippen molar-refractivity contribution < 1.29 is 9.53 Å². The number of carbonyl (C=O) groups is 1. The van der Waals surface area contributed by atoms with Crippen molar-refractivity contribution in [2.75, 3.05) is 38.2 Å². The van der Waals surface area contributed by atoms with Gasteiger partial charge in [0, 0.05) is 49.1 Å². The highest BCUT2D eigenvalue weighted by Crippen LogP contribution is 2.17. The van der Waals surface area contributed by atoms with Crippen LogP contribution in [0.4, 0.5) is 5.82 Å². The van der Waals surface area contributed by atoms with Crippen LogP contribution in [0.25, 0.3) is 0 Å². The van der Waals surface area contributed by atoms with Gasteiger partial charge in [-0.3, -0.25) is 4.79 Å². The molecule has 0 saturated carbocycles. The average molecular weight is 412 g/mol. The van der Waals surface area contributed by atoms with Crippen molar-refractivity contribution in [1.29, 1.82) is 0 Å². The molecule has 0 atom stereocenters. The number of carbonyl (C=O) groups excluding carboxylic acids is 1. The topological polar surface area (TPSA) is 45.7 Å². The second-order valence-electron chi connectivity index (χ2n) is 7.48. The first kappa shape index (κ1) is 20.5. The van der Waals surface area contributed by atoms with Crippen LogP contribution >= 0.6 is 0 Å². The second kappa shape index (κ2) is 9.36. The van der Waals surface area contributed by atoms with E-state index in [1.807, 2.05) is 72.5 Å². The molecule has 0 unspecified atom stereocenters. The fourth-order valence-electron chi connectivity index (χ4n) is 3.59. The zero-order valence-electron chi connectivity index (χ0n) is 17.8. The fourth-order valence-corrected chi connectivity index (χ4v) is 3.59. The van der Waals surface area contributed by atoms with E-state index >= 15 is 0 Å². The quantitative estimate of drug-likeness (QED) is 0.616. The highest BCUT2D eigenvalue weighted by Gasteiger charge is 2.23. The van der Waals surface area contributed by atoms with Gasteiger partial charge in [-0.2, -0.15) is 0 Å². The SMILES string of the molecule is COc1cccc(C#Cc2cc(C(=O)N3CCN(c4ccccn4)CC3)ccc2C)c1. The number of benzene rings is 2. The van der Waals surface area contributed by atoms with Crippen molar-refractivity contribution in [3.8, 4) is 17.6 Å². The summed E-state index contributed by atoms with van der Waals surface area (Å²) in [6, 6.07) is 19.3. The normalized spacial score (nSPS) is 13.4. The minimum atomic E-state index is 0.0464. The Morgan fingerprint density at radius 3 is 2.55 bits per heavy atom. The third-order valence-electron chi connectivity index (χ3n) is 5.44. The van der Waals surface area contributed by atoms with E-state index in [-0.39, 0.29) is 5.91 Å². The van der Waals surface area contributed by atoms with Crippen LogP contribution in [-0.2, 0) is 0 Å². The molecule has 0 bridgehead atoms. The van der Waals surface area contributed by atoms with E-state index in [0.717, 1.165) is 41.3 Å². The summed E-state index contributed by atoms with van der Waals surface area (Å²) in [5.74, 6) is 8.17. The van der Waals surface area contributed by atoms with Gasteiger partial charge in [0.05, 0.1) is 7.11 Å². The maximum atomic E-state index is 13.1. The van der Waals surface area contributed by atoms with Gasteiger partial charge in [0.2, 0.25) is 0 Å². The van der Waals surface area contributed by atoms with Crippen molar-refractivity contribution in [3.05, 3.63) is 89.1 Å². The molecule has 0 spiro atoms. The van der Waals surface area contributed by atoms with Gasteiger partial charge < -0.3 is 14.5 Å². The van der Waals surface area contributed by atoms with Crippen LogP contribution in [-0.4, -0.2) is 49.1 Å². The lowest BCUT2D eigenvalue weighted by molar-refractivity contribution is 0.0746. The number of anilines is 1. The van der Waals surface area contributed by atoms with Gasteiger partial charge in [0.25, 0.3) is 5.91 Å². The smallest absolute Gasteiger partial charge is 0.254 e. The molecule has 0 N–H and O–H groups in total. The number of pyridine rings is 1. The molecule has 3 aromatic rings. The fraction of sp³-hybridized carbons (Fsp3) is 0.231. The Hall–Kier alpha value is -3.78. The van der Waals surface area contributed by atoms with Gasteiger partial charge in [-0.15, -0.1) is 0 Å². The van der Waals surface area contributed by atoms with Crippen molar-refractivity contribution in [3.63, 3.8) is 0 Å². The monoisotopic (exact) mass is 411 g/mol. The van der Waals surface area contributed by atoms with Crippen molar-refractivity contribution in [2.45, 2.75) is 6.92 Å². The molecule has 31 heavy (non-hydrogen) atoms. The first-order valence-corrected chi connectivity index (χ1v) is 10.4. The Morgan fingerprint density at radius 2 is 1.81 bits per heavy atom. The number of ether oxygens (including phenoxy) is 1. The average Bonchev–Trinajstić information content (AvgIpc) is 2.84. The number of piperazine rings is 1. The van der Waals surface area contributed by atoms with Gasteiger partial charge in [-0.1, -0.05) is 30.0 Å². The predicted octanol–water partition coefficient (Wildman–Crippen LogP) is 3.76. The molecule has 0 aliphatic carbocycles. The number of aryl methyl sites for hydroxylation is 1. The van der Waals surface area contributed by atoms with Crippen LogP contribution < -0.4 is 9.64 Å². The molecule has 1 aliphatic heterocycles. The predicted molar refractivity (Wildman–Crippen MR) is 123 cm³/mol. The summed E-state index contributed by atoms with van der Waals surface area (Å²) in [5, 5.41) is 0. The van der Waals surface area contributed by atoms with Crippen LogP contribution in [0.5, 0.6) is 5.75 Å². The zero-order valence-corrected chi connectivity index (χ0v) is 17.8. The molecule has 5 nitrogen and oxygen atoms in total. The molecule has 1 aromatic heterocycles. The standard InChI is InChI=1S/C26H25N3O2/c1-20-9-11-23(19-22(20)12-10-21-6-5-7-24(18-21)31-2)26(30)29-16-14-28(15-17-29)25-8-3-4-13-27-25/h3-9,11,13,18-19H,14-17H2,1-2H3. The van der Waals surface area contributed by atoms with E-state index < -0.39 is 0 Å². The highest BCUT2D eigenvalue weighted by molar-refractivity contribution is 5.95. The molecule has 0 radical (unpaired) electrons. The van der Waals surface area contributed by atoms with E-state index in [2.05, 4.69) is 21.7 Å². The Balaban J connectivity index is 1.47. The lowest BCUT2D eigenvalue weighted by atomic mass is 10.0. The summed E-state index contributed by atoms with van der Waals surface area (Å²) in [6.07, 6.45) is 1.80. The Labute approximate surface area is 183 Å². The van der Waals surface area contributed by atoms with Crippen LogP contribution in [0.2, 0.25) is 0 Å². The number of rotatable bonds is 3. The molecular weight excluding hydrogens is 386 g/mol. The van der Waals surface area contributed by atoms with Gasteiger partial charge in [0.1, 0.15) is 11.6 Å². The molecule has 1 saturated heterocycles. The van der Waals surface area contributed by atoms with Crippen LogP contribution in [0.1, 0.15) is 27.0 Å². The van der Waals surface area contributed by atoms with Crippen molar-refractivity contribution >= 4 is 11.7 Å². The number of nitrogens with zero attached hydrogens (tertiary/aromatic N) is 3. The first-order chi connectivity index (χ1) is 15.1. The molecule has 1 fully saturated rings. The molecule has 2 aromatic carbocycles. The van der Waals surface area contributed by atoms with E-state index in [9.17, 15) is 4.79 Å². The van der Waals surface area contributed by atoms with E-state index in [1.165, 1.54) is 0 Å². The van der Waals surface area contributed by atoms with E-state index in [0.29, 0.717) is 18.7 Å². The summed E-state index contributed by atoms with van der Waals surface area (Å²) < 4.78 is 5.26. The molecule has 4 rings (SSSR count). The third kappa shape index (κ3) is 4.87. The van der Waals surface area contributed by atoms with Gasteiger partial charge in [-0.25, -0.2) is 4.98 Å². The Bertz CT molecular complexity index is 1120. The minimum absolute atomic E-state index is 0.0464. The second-order valence-corrected chi connectivity index (χ2v) is 7.48. The number of amides is 1. The maximum Gasteiger partial charge on any atom is 0.254 e. The van der Waals surface area contributed by atoms with Gasteiger partial charge >= 0.3 is 0 Å². The lowest BCUT2D eigenvalue weighted by Gasteiger charge is -2.35. The summed E-state index contributed by atoms with van der Waals surface area (Å²) in [4.78, 5) is 21.6.